The summed E-state index contributed by atoms with van der Waals surface area (Å²) in [7, 11) is 0. The van der Waals surface area contributed by atoms with Gasteiger partial charge in [0.05, 0.1) is 36.2 Å². The Bertz CT molecular complexity index is 611. The molecule has 19 heavy (non-hydrogen) atoms. The third kappa shape index (κ3) is 2.85. The van der Waals surface area contributed by atoms with Gasteiger partial charge in [0.25, 0.3) is 0 Å². The molecule has 1 aromatic heterocycles. The molecule has 5 heteroatoms. The molecule has 2 aromatic rings. The highest BCUT2D eigenvalue weighted by Gasteiger charge is 2.11. The molecule has 0 amide bonds. The fourth-order valence-electron chi connectivity index (χ4n) is 2.06. The van der Waals surface area contributed by atoms with Crippen LogP contribution in [0.1, 0.15) is 19.7 Å². The summed E-state index contributed by atoms with van der Waals surface area (Å²) in [6.07, 6.45) is 0.338. The summed E-state index contributed by atoms with van der Waals surface area (Å²) in [5, 5.41) is 17.9. The van der Waals surface area contributed by atoms with Crippen molar-refractivity contribution < 1.29 is 9.84 Å². The lowest BCUT2D eigenvalue weighted by Gasteiger charge is -2.09. The van der Waals surface area contributed by atoms with Gasteiger partial charge in [0.2, 0.25) is 0 Å². The molecule has 1 heterocycles. The van der Waals surface area contributed by atoms with Crippen molar-refractivity contribution in [3.05, 3.63) is 24.0 Å². The molecule has 0 fully saturated rings. The molecule has 100 valence electrons. The van der Waals surface area contributed by atoms with Crippen molar-refractivity contribution in [1.82, 2.24) is 9.55 Å². The minimum atomic E-state index is 0.0220. The van der Waals surface area contributed by atoms with Gasteiger partial charge in [-0.3, -0.25) is 0 Å². The topological polar surface area (TPSA) is 71.1 Å². The minimum Gasteiger partial charge on any atom is -0.491 e. The van der Waals surface area contributed by atoms with Crippen LogP contribution in [0.2, 0.25) is 0 Å². The smallest absolute Gasteiger partial charge is 0.124 e. The van der Waals surface area contributed by atoms with Gasteiger partial charge >= 0.3 is 0 Å². The quantitative estimate of drug-likeness (QED) is 0.890. The Kier molecular flexibility index (Phi) is 4.03. The van der Waals surface area contributed by atoms with Gasteiger partial charge in [0.15, 0.2) is 0 Å². The van der Waals surface area contributed by atoms with E-state index < -0.39 is 0 Å². The minimum absolute atomic E-state index is 0.0220. The molecule has 5 nitrogen and oxygen atoms in total. The highest BCUT2D eigenvalue weighted by atomic mass is 16.5. The Morgan fingerprint density at radius 3 is 2.89 bits per heavy atom. The number of hydrogen-bond acceptors (Lipinski definition) is 4. The lowest BCUT2D eigenvalue weighted by molar-refractivity contribution is 0.242. The van der Waals surface area contributed by atoms with Crippen LogP contribution in [0.25, 0.3) is 11.0 Å². The van der Waals surface area contributed by atoms with Crippen LogP contribution in [0, 0.1) is 11.3 Å². The first-order valence-electron chi connectivity index (χ1n) is 6.29. The second-order valence-electron chi connectivity index (χ2n) is 4.56. The number of nitriles is 1. The van der Waals surface area contributed by atoms with E-state index in [9.17, 15) is 0 Å². The maximum atomic E-state index is 9.11. The average Bonchev–Trinajstić information content (AvgIpc) is 2.67. The molecule has 0 aliphatic heterocycles. The summed E-state index contributed by atoms with van der Waals surface area (Å²) >= 11 is 0. The zero-order valence-electron chi connectivity index (χ0n) is 11.1. The number of benzene rings is 1. The number of fused-ring (bicyclic) bond motifs is 1. The molecule has 1 aromatic carbocycles. The standard InChI is InChI=1S/C14H17N3O2/c1-10(2)19-11-3-4-13-12(9-11)16-14(5-6-15)17(13)7-8-18/h3-4,9-10,18H,5,7-8H2,1-2H3. The molecule has 0 aliphatic carbocycles. The number of imidazole rings is 1. The normalized spacial score (nSPS) is 10.9. The largest absolute Gasteiger partial charge is 0.491 e. The SMILES string of the molecule is CC(C)Oc1ccc2c(c1)nc(CC#N)n2CCO. The van der Waals surface area contributed by atoms with Crippen LogP contribution in [-0.2, 0) is 13.0 Å². The fourth-order valence-corrected chi connectivity index (χ4v) is 2.06. The van der Waals surface area contributed by atoms with Crippen LogP contribution in [0.15, 0.2) is 18.2 Å². The number of rotatable bonds is 5. The predicted molar refractivity (Wildman–Crippen MR) is 71.9 cm³/mol. The second kappa shape index (κ2) is 5.72. The van der Waals surface area contributed by atoms with Gasteiger partial charge < -0.3 is 14.4 Å². The maximum absolute atomic E-state index is 9.11. The van der Waals surface area contributed by atoms with E-state index in [1.807, 2.05) is 36.6 Å². The summed E-state index contributed by atoms with van der Waals surface area (Å²) in [6.45, 7) is 4.40. The summed E-state index contributed by atoms with van der Waals surface area (Å²) in [4.78, 5) is 4.44. The first-order chi connectivity index (χ1) is 9.15. The van der Waals surface area contributed by atoms with Gasteiger partial charge in [0.1, 0.15) is 11.6 Å². The molecular weight excluding hydrogens is 242 g/mol. The molecule has 0 spiro atoms. The highest BCUT2D eigenvalue weighted by Crippen LogP contribution is 2.23. The zero-order chi connectivity index (χ0) is 13.8. The van der Waals surface area contributed by atoms with Crippen molar-refractivity contribution in [3.8, 4) is 11.8 Å². The monoisotopic (exact) mass is 259 g/mol. The first kappa shape index (κ1) is 13.4. The number of aliphatic hydroxyl groups is 1. The molecule has 0 saturated heterocycles. The molecule has 0 radical (unpaired) electrons. The van der Waals surface area contributed by atoms with Crippen LogP contribution in [0.5, 0.6) is 5.75 Å². The van der Waals surface area contributed by atoms with E-state index >= 15 is 0 Å². The van der Waals surface area contributed by atoms with E-state index in [4.69, 9.17) is 15.1 Å². The van der Waals surface area contributed by atoms with E-state index in [1.165, 1.54) is 0 Å². The molecule has 0 saturated carbocycles. The number of nitrogens with zero attached hydrogens (tertiary/aromatic N) is 3. The van der Waals surface area contributed by atoms with Crippen molar-refractivity contribution in [2.24, 2.45) is 0 Å². The molecule has 0 aliphatic rings. The third-order valence-corrected chi connectivity index (χ3v) is 2.73. The average molecular weight is 259 g/mol. The van der Waals surface area contributed by atoms with Crippen molar-refractivity contribution in [3.63, 3.8) is 0 Å². The summed E-state index contributed by atoms with van der Waals surface area (Å²) in [5.41, 5.74) is 1.70. The van der Waals surface area contributed by atoms with Gasteiger partial charge in [-0.2, -0.15) is 5.26 Å². The van der Waals surface area contributed by atoms with Crippen molar-refractivity contribution in [2.75, 3.05) is 6.61 Å². The molecule has 0 unspecified atom stereocenters. The van der Waals surface area contributed by atoms with Crippen LogP contribution >= 0.6 is 0 Å². The molecule has 0 atom stereocenters. The summed E-state index contributed by atoms with van der Waals surface area (Å²) < 4.78 is 7.50. The lowest BCUT2D eigenvalue weighted by atomic mass is 10.3. The van der Waals surface area contributed by atoms with Crippen molar-refractivity contribution in [1.29, 1.82) is 5.26 Å². The van der Waals surface area contributed by atoms with E-state index in [2.05, 4.69) is 11.1 Å². The van der Waals surface area contributed by atoms with Gasteiger partial charge in [-0.05, 0) is 26.0 Å². The Morgan fingerprint density at radius 1 is 1.47 bits per heavy atom. The summed E-state index contributed by atoms with van der Waals surface area (Å²) in [5.74, 6) is 1.44. The van der Waals surface area contributed by atoms with Gasteiger partial charge in [-0.15, -0.1) is 0 Å². The van der Waals surface area contributed by atoms with E-state index in [0.29, 0.717) is 12.4 Å². The number of aromatic nitrogens is 2. The number of ether oxygens (including phenoxy) is 1. The Morgan fingerprint density at radius 2 is 2.26 bits per heavy atom. The zero-order valence-corrected chi connectivity index (χ0v) is 11.1. The van der Waals surface area contributed by atoms with E-state index in [1.54, 1.807) is 0 Å². The van der Waals surface area contributed by atoms with Crippen LogP contribution in [0.4, 0.5) is 0 Å². The molecule has 0 bridgehead atoms. The van der Waals surface area contributed by atoms with Crippen LogP contribution in [-0.4, -0.2) is 27.4 Å². The van der Waals surface area contributed by atoms with E-state index in [0.717, 1.165) is 16.8 Å². The summed E-state index contributed by atoms with van der Waals surface area (Å²) in [6, 6.07) is 7.76. The van der Waals surface area contributed by atoms with Crippen LogP contribution in [0.3, 0.4) is 0 Å². The van der Waals surface area contributed by atoms with Gasteiger partial charge in [-0.25, -0.2) is 4.98 Å². The Labute approximate surface area is 112 Å². The molecular formula is C14H17N3O2. The second-order valence-corrected chi connectivity index (χ2v) is 4.56. The fraction of sp³-hybridized carbons (Fsp3) is 0.429. The molecule has 2 rings (SSSR count). The Hall–Kier alpha value is -2.06. The van der Waals surface area contributed by atoms with Gasteiger partial charge in [0, 0.05) is 12.6 Å². The van der Waals surface area contributed by atoms with Crippen molar-refractivity contribution >= 4 is 11.0 Å². The van der Waals surface area contributed by atoms with Gasteiger partial charge in [-0.1, -0.05) is 0 Å². The number of aliphatic hydroxyl groups excluding tert-OH is 1. The number of hydrogen-bond donors (Lipinski definition) is 1. The third-order valence-electron chi connectivity index (χ3n) is 2.73. The first-order valence-corrected chi connectivity index (χ1v) is 6.29. The van der Waals surface area contributed by atoms with Crippen molar-refractivity contribution in [2.45, 2.75) is 32.9 Å². The predicted octanol–water partition coefficient (Wildman–Crippen LogP) is 1.88. The lowest BCUT2D eigenvalue weighted by Crippen LogP contribution is -2.06. The maximum Gasteiger partial charge on any atom is 0.124 e. The van der Waals surface area contributed by atoms with E-state index in [-0.39, 0.29) is 19.1 Å². The molecule has 1 N–H and O–H groups in total. The van der Waals surface area contributed by atoms with Crippen LogP contribution < -0.4 is 4.74 Å². The highest BCUT2D eigenvalue weighted by molar-refractivity contribution is 5.78. The Balaban J connectivity index is 2.46.